The minimum absolute atomic E-state index is 0.103. The number of carbonyl (C=O) groups excluding carboxylic acids is 2. The molecule has 0 atom stereocenters. The van der Waals surface area contributed by atoms with Gasteiger partial charge in [0.1, 0.15) is 0 Å². The van der Waals surface area contributed by atoms with Crippen LogP contribution in [0.2, 0.25) is 5.02 Å². The number of piperazine rings is 1. The van der Waals surface area contributed by atoms with E-state index in [2.05, 4.69) is 9.64 Å². The summed E-state index contributed by atoms with van der Waals surface area (Å²) >= 11 is 5.91. The van der Waals surface area contributed by atoms with Gasteiger partial charge in [-0.1, -0.05) is 23.7 Å². The number of halogens is 1. The van der Waals surface area contributed by atoms with E-state index in [-0.39, 0.29) is 29.5 Å². The Kier molecular flexibility index (Phi) is 7.43. The molecule has 1 fully saturated rings. The number of benzene rings is 2. The molecule has 9 nitrogen and oxygen atoms in total. The lowest BCUT2D eigenvalue weighted by molar-refractivity contribution is -0.385. The number of rotatable bonds is 7. The first-order chi connectivity index (χ1) is 14.9. The summed E-state index contributed by atoms with van der Waals surface area (Å²) in [5.74, 6) is -1.07. The van der Waals surface area contributed by atoms with Crippen molar-refractivity contribution in [3.8, 4) is 5.75 Å². The first kappa shape index (κ1) is 22.5. The summed E-state index contributed by atoms with van der Waals surface area (Å²) in [6, 6.07) is 11.3. The molecule has 2 aromatic carbocycles. The molecule has 3 rings (SSSR count). The molecule has 1 aliphatic heterocycles. The molecule has 0 bridgehead atoms. The number of ether oxygens (including phenoxy) is 2. The fourth-order valence-corrected chi connectivity index (χ4v) is 3.39. The van der Waals surface area contributed by atoms with Crippen molar-refractivity contribution in [3.63, 3.8) is 0 Å². The van der Waals surface area contributed by atoms with E-state index < -0.39 is 10.9 Å². The summed E-state index contributed by atoms with van der Waals surface area (Å²) in [7, 11) is 1.21. The Bertz CT molecular complexity index is 958. The highest BCUT2D eigenvalue weighted by molar-refractivity contribution is 6.30. The maximum Gasteiger partial charge on any atom is 0.337 e. The molecule has 1 aliphatic rings. The first-order valence-corrected chi connectivity index (χ1v) is 9.99. The summed E-state index contributed by atoms with van der Waals surface area (Å²) in [4.78, 5) is 38.7. The molecule has 0 saturated carbocycles. The zero-order valence-corrected chi connectivity index (χ0v) is 17.7. The van der Waals surface area contributed by atoms with Gasteiger partial charge in [0.2, 0.25) is 0 Å². The van der Waals surface area contributed by atoms with Crippen LogP contribution < -0.4 is 4.74 Å². The number of esters is 1. The average molecular weight is 448 g/mol. The Morgan fingerprint density at radius 1 is 1.10 bits per heavy atom. The lowest BCUT2D eigenvalue weighted by Gasteiger charge is -2.34. The Labute approximate surface area is 184 Å². The third-order valence-electron chi connectivity index (χ3n) is 4.97. The molecule has 10 heteroatoms. The zero-order valence-electron chi connectivity index (χ0n) is 17.0. The van der Waals surface area contributed by atoms with Crippen molar-refractivity contribution in [1.29, 1.82) is 0 Å². The number of nitro benzene ring substituents is 1. The highest BCUT2D eigenvalue weighted by Crippen LogP contribution is 2.28. The maximum absolute atomic E-state index is 12.5. The van der Waals surface area contributed by atoms with E-state index in [0.29, 0.717) is 31.2 Å². The molecule has 0 radical (unpaired) electrons. The van der Waals surface area contributed by atoms with Crippen LogP contribution in [0.1, 0.15) is 15.9 Å². The average Bonchev–Trinajstić information content (AvgIpc) is 2.78. The van der Waals surface area contributed by atoms with Crippen LogP contribution in [0.4, 0.5) is 5.69 Å². The van der Waals surface area contributed by atoms with Gasteiger partial charge < -0.3 is 14.4 Å². The molecular weight excluding hydrogens is 426 g/mol. The van der Waals surface area contributed by atoms with Gasteiger partial charge in [-0.2, -0.15) is 0 Å². The first-order valence-electron chi connectivity index (χ1n) is 9.61. The minimum Gasteiger partial charge on any atom is -0.477 e. The molecule has 1 saturated heterocycles. The SMILES string of the molecule is COC(=O)c1ccc([N+](=O)[O-])c(OCC(=O)N2CCN(Cc3ccc(Cl)cc3)CC2)c1. The smallest absolute Gasteiger partial charge is 0.337 e. The third-order valence-corrected chi connectivity index (χ3v) is 5.23. The minimum atomic E-state index is -0.650. The molecule has 0 aliphatic carbocycles. The topological polar surface area (TPSA) is 102 Å². The van der Waals surface area contributed by atoms with Crippen LogP contribution in [-0.2, 0) is 16.1 Å². The van der Waals surface area contributed by atoms with Gasteiger partial charge in [-0.3, -0.25) is 19.8 Å². The lowest BCUT2D eigenvalue weighted by atomic mass is 10.2. The monoisotopic (exact) mass is 447 g/mol. The van der Waals surface area contributed by atoms with Crippen LogP contribution in [0.3, 0.4) is 0 Å². The second-order valence-corrected chi connectivity index (χ2v) is 7.44. The summed E-state index contributed by atoms with van der Waals surface area (Å²) in [6.45, 7) is 2.86. The van der Waals surface area contributed by atoms with Crippen LogP contribution in [0.5, 0.6) is 5.75 Å². The van der Waals surface area contributed by atoms with Gasteiger partial charge in [-0.15, -0.1) is 0 Å². The standard InChI is InChI=1S/C21H22ClN3O6/c1-30-21(27)16-4-7-18(25(28)29)19(12-16)31-14-20(26)24-10-8-23(9-11-24)13-15-2-5-17(22)6-3-15/h2-7,12H,8-11,13-14H2,1H3. The molecule has 0 unspecified atom stereocenters. The van der Waals surface area contributed by atoms with Crippen LogP contribution in [-0.4, -0.2) is 66.5 Å². The number of nitrogens with zero attached hydrogens (tertiary/aromatic N) is 3. The zero-order chi connectivity index (χ0) is 22.4. The van der Waals surface area contributed by atoms with Crippen molar-refractivity contribution >= 4 is 29.2 Å². The van der Waals surface area contributed by atoms with Crippen molar-refractivity contribution in [2.75, 3.05) is 39.9 Å². The second-order valence-electron chi connectivity index (χ2n) is 7.00. The van der Waals surface area contributed by atoms with E-state index in [1.807, 2.05) is 24.3 Å². The van der Waals surface area contributed by atoms with E-state index in [1.165, 1.54) is 19.2 Å². The van der Waals surface area contributed by atoms with Gasteiger partial charge in [0.25, 0.3) is 5.91 Å². The van der Waals surface area contributed by atoms with Gasteiger partial charge in [0.15, 0.2) is 12.4 Å². The van der Waals surface area contributed by atoms with E-state index >= 15 is 0 Å². The van der Waals surface area contributed by atoms with Crippen LogP contribution in [0, 0.1) is 10.1 Å². The highest BCUT2D eigenvalue weighted by atomic mass is 35.5. The van der Waals surface area contributed by atoms with E-state index in [4.69, 9.17) is 16.3 Å². The molecule has 0 N–H and O–H groups in total. The van der Waals surface area contributed by atoms with Gasteiger partial charge in [-0.25, -0.2) is 4.79 Å². The summed E-state index contributed by atoms with van der Waals surface area (Å²) < 4.78 is 10.0. The number of nitro groups is 1. The molecule has 1 amide bonds. The van der Waals surface area contributed by atoms with Crippen LogP contribution >= 0.6 is 11.6 Å². The van der Waals surface area contributed by atoms with E-state index in [9.17, 15) is 19.7 Å². The molecule has 1 heterocycles. The molecular formula is C21H22ClN3O6. The van der Waals surface area contributed by atoms with Crippen LogP contribution in [0.25, 0.3) is 0 Å². The van der Waals surface area contributed by atoms with Crippen molar-refractivity contribution in [2.45, 2.75) is 6.54 Å². The van der Waals surface area contributed by atoms with Crippen molar-refractivity contribution < 1.29 is 24.0 Å². The number of hydrogen-bond donors (Lipinski definition) is 0. The molecule has 0 spiro atoms. The van der Waals surface area contributed by atoms with Gasteiger partial charge in [0, 0.05) is 49.9 Å². The van der Waals surface area contributed by atoms with Gasteiger partial charge in [0.05, 0.1) is 17.6 Å². The molecule has 31 heavy (non-hydrogen) atoms. The Balaban J connectivity index is 1.55. The summed E-state index contributed by atoms with van der Waals surface area (Å²) in [5.41, 5.74) is 0.921. The summed E-state index contributed by atoms with van der Waals surface area (Å²) in [5, 5.41) is 11.9. The largest absolute Gasteiger partial charge is 0.477 e. The van der Waals surface area contributed by atoms with Crippen molar-refractivity contribution in [3.05, 3.63) is 68.7 Å². The Hall–Kier alpha value is -3.17. The lowest BCUT2D eigenvalue weighted by Crippen LogP contribution is -2.49. The van der Waals surface area contributed by atoms with Crippen LogP contribution in [0.15, 0.2) is 42.5 Å². The van der Waals surface area contributed by atoms with Gasteiger partial charge in [-0.05, 0) is 23.8 Å². The predicted octanol–water partition coefficient (Wildman–Crippen LogP) is 2.76. The number of carbonyl (C=O) groups is 2. The number of amides is 1. The van der Waals surface area contributed by atoms with Crippen molar-refractivity contribution in [1.82, 2.24) is 9.80 Å². The Morgan fingerprint density at radius 2 is 1.77 bits per heavy atom. The quantitative estimate of drug-likeness (QED) is 0.365. The van der Waals surface area contributed by atoms with Gasteiger partial charge >= 0.3 is 11.7 Å². The molecule has 164 valence electrons. The number of hydrogen-bond acceptors (Lipinski definition) is 7. The van der Waals surface area contributed by atoms with E-state index in [1.54, 1.807) is 4.90 Å². The molecule has 2 aromatic rings. The Morgan fingerprint density at radius 3 is 2.39 bits per heavy atom. The normalized spacial score (nSPS) is 14.2. The predicted molar refractivity (Wildman–Crippen MR) is 113 cm³/mol. The third kappa shape index (κ3) is 5.93. The second kappa shape index (κ2) is 10.2. The highest BCUT2D eigenvalue weighted by Gasteiger charge is 2.24. The maximum atomic E-state index is 12.5. The van der Waals surface area contributed by atoms with E-state index in [0.717, 1.165) is 18.2 Å². The number of methoxy groups -OCH3 is 1. The van der Waals surface area contributed by atoms with Crippen molar-refractivity contribution in [2.24, 2.45) is 0 Å². The summed E-state index contributed by atoms with van der Waals surface area (Å²) in [6.07, 6.45) is 0. The molecule has 0 aromatic heterocycles. The fraction of sp³-hybridized carbons (Fsp3) is 0.333. The fourth-order valence-electron chi connectivity index (χ4n) is 3.26.